The van der Waals surface area contributed by atoms with E-state index in [1.165, 1.54) is 12.1 Å². The lowest BCUT2D eigenvalue weighted by molar-refractivity contribution is -0.385. The SMILES string of the molecule is CCCOc1ccc(/C=C/C(=O)N2CCC(C(=O)OCC)CC2)cc1[N+](=O)[O-]. The maximum absolute atomic E-state index is 12.4. The number of carbonyl (C=O) groups excluding carboxylic acids is 2. The summed E-state index contributed by atoms with van der Waals surface area (Å²) in [6, 6.07) is 4.61. The molecule has 1 aromatic carbocycles. The third-order valence-corrected chi connectivity index (χ3v) is 4.49. The van der Waals surface area contributed by atoms with E-state index in [-0.39, 0.29) is 29.2 Å². The lowest BCUT2D eigenvalue weighted by atomic mass is 9.97. The van der Waals surface area contributed by atoms with Crippen LogP contribution in [-0.4, -0.2) is 48.0 Å². The Labute approximate surface area is 164 Å². The van der Waals surface area contributed by atoms with E-state index in [4.69, 9.17) is 9.47 Å². The number of carbonyl (C=O) groups is 2. The predicted octanol–water partition coefficient (Wildman–Crippen LogP) is 3.20. The van der Waals surface area contributed by atoms with Gasteiger partial charge in [-0.3, -0.25) is 19.7 Å². The topological polar surface area (TPSA) is 99.0 Å². The van der Waals surface area contributed by atoms with Crippen LogP contribution < -0.4 is 4.74 Å². The Kier molecular flexibility index (Phi) is 7.98. The maximum atomic E-state index is 12.4. The Morgan fingerprint density at radius 3 is 2.61 bits per heavy atom. The maximum Gasteiger partial charge on any atom is 0.311 e. The van der Waals surface area contributed by atoms with Crippen LogP contribution in [0.15, 0.2) is 24.3 Å². The van der Waals surface area contributed by atoms with Crippen molar-refractivity contribution in [3.63, 3.8) is 0 Å². The highest BCUT2D eigenvalue weighted by molar-refractivity contribution is 5.92. The smallest absolute Gasteiger partial charge is 0.311 e. The van der Waals surface area contributed by atoms with E-state index in [0.29, 0.717) is 44.7 Å². The van der Waals surface area contributed by atoms with Crippen LogP contribution >= 0.6 is 0 Å². The van der Waals surface area contributed by atoms with Gasteiger partial charge in [-0.1, -0.05) is 13.0 Å². The number of hydrogen-bond acceptors (Lipinski definition) is 6. The zero-order valence-electron chi connectivity index (χ0n) is 16.3. The summed E-state index contributed by atoms with van der Waals surface area (Å²) >= 11 is 0. The molecule has 28 heavy (non-hydrogen) atoms. The van der Waals surface area contributed by atoms with Crippen molar-refractivity contribution in [3.05, 3.63) is 40.0 Å². The fourth-order valence-electron chi connectivity index (χ4n) is 2.98. The normalized spacial score (nSPS) is 14.9. The van der Waals surface area contributed by atoms with E-state index in [1.54, 1.807) is 30.0 Å². The molecule has 0 unspecified atom stereocenters. The molecular formula is C20H26N2O6. The van der Waals surface area contributed by atoms with Crippen molar-refractivity contribution in [3.8, 4) is 5.75 Å². The number of benzene rings is 1. The zero-order chi connectivity index (χ0) is 20.5. The zero-order valence-corrected chi connectivity index (χ0v) is 16.3. The minimum atomic E-state index is -0.496. The van der Waals surface area contributed by atoms with E-state index in [9.17, 15) is 19.7 Å². The van der Waals surface area contributed by atoms with Gasteiger partial charge in [0.2, 0.25) is 5.91 Å². The molecule has 2 rings (SSSR count). The fourth-order valence-corrected chi connectivity index (χ4v) is 2.98. The molecule has 8 heteroatoms. The van der Waals surface area contributed by atoms with E-state index >= 15 is 0 Å². The minimum Gasteiger partial charge on any atom is -0.487 e. The van der Waals surface area contributed by atoms with Gasteiger partial charge in [0.1, 0.15) is 0 Å². The van der Waals surface area contributed by atoms with E-state index in [1.807, 2.05) is 6.92 Å². The molecule has 0 bridgehead atoms. The Morgan fingerprint density at radius 2 is 2.00 bits per heavy atom. The number of likely N-dealkylation sites (tertiary alicyclic amines) is 1. The largest absolute Gasteiger partial charge is 0.487 e. The lowest BCUT2D eigenvalue weighted by Gasteiger charge is -2.30. The molecular weight excluding hydrogens is 364 g/mol. The van der Waals surface area contributed by atoms with Gasteiger partial charge >= 0.3 is 11.7 Å². The Hall–Kier alpha value is -2.90. The molecule has 1 aromatic rings. The Balaban J connectivity index is 1.98. The molecule has 1 aliphatic heterocycles. The van der Waals surface area contributed by atoms with E-state index in [0.717, 1.165) is 6.42 Å². The van der Waals surface area contributed by atoms with Crippen molar-refractivity contribution in [2.24, 2.45) is 5.92 Å². The molecule has 1 fully saturated rings. The van der Waals surface area contributed by atoms with Gasteiger partial charge in [0.25, 0.3) is 0 Å². The number of rotatable bonds is 8. The quantitative estimate of drug-likeness (QED) is 0.292. The molecule has 0 aliphatic carbocycles. The number of ether oxygens (including phenoxy) is 2. The van der Waals surface area contributed by atoms with Gasteiger partial charge in [-0.25, -0.2) is 0 Å². The van der Waals surface area contributed by atoms with Crippen LogP contribution in [0.5, 0.6) is 5.75 Å². The van der Waals surface area contributed by atoms with E-state index < -0.39 is 4.92 Å². The highest BCUT2D eigenvalue weighted by Crippen LogP contribution is 2.28. The van der Waals surface area contributed by atoms with Gasteiger partial charge in [-0.15, -0.1) is 0 Å². The number of amides is 1. The first-order valence-electron chi connectivity index (χ1n) is 9.51. The first-order chi connectivity index (χ1) is 13.5. The standard InChI is InChI=1S/C20H26N2O6/c1-3-13-28-18-7-5-15(14-17(18)22(25)26)6-8-19(23)21-11-9-16(10-12-21)20(24)27-4-2/h5-8,14,16H,3-4,9-13H2,1-2H3/b8-6+. The van der Waals surface area contributed by atoms with Gasteiger partial charge in [-0.05, 0) is 43.9 Å². The van der Waals surface area contributed by atoms with Gasteiger partial charge in [0.05, 0.1) is 24.1 Å². The van der Waals surface area contributed by atoms with Crippen molar-refractivity contribution in [1.29, 1.82) is 0 Å². The number of esters is 1. The van der Waals surface area contributed by atoms with Crippen LogP contribution in [0.1, 0.15) is 38.7 Å². The molecule has 0 N–H and O–H groups in total. The lowest BCUT2D eigenvalue weighted by Crippen LogP contribution is -2.39. The third kappa shape index (κ3) is 5.80. The van der Waals surface area contributed by atoms with Gasteiger partial charge < -0.3 is 14.4 Å². The van der Waals surface area contributed by atoms with Crippen LogP contribution in [0.2, 0.25) is 0 Å². The first-order valence-corrected chi connectivity index (χ1v) is 9.51. The van der Waals surface area contributed by atoms with Crippen LogP contribution in [-0.2, 0) is 14.3 Å². The van der Waals surface area contributed by atoms with Crippen molar-refractivity contribution >= 4 is 23.6 Å². The number of hydrogen-bond donors (Lipinski definition) is 0. The van der Waals surface area contributed by atoms with Crippen molar-refractivity contribution in [1.82, 2.24) is 4.90 Å². The van der Waals surface area contributed by atoms with Crippen molar-refractivity contribution < 1.29 is 24.0 Å². The molecule has 1 aliphatic rings. The highest BCUT2D eigenvalue weighted by atomic mass is 16.6. The average Bonchev–Trinajstić information content (AvgIpc) is 2.70. The summed E-state index contributed by atoms with van der Waals surface area (Å²) in [6.07, 6.45) is 4.85. The second-order valence-corrected chi connectivity index (χ2v) is 6.52. The average molecular weight is 390 g/mol. The summed E-state index contributed by atoms with van der Waals surface area (Å²) < 4.78 is 10.4. The molecule has 1 heterocycles. The molecule has 8 nitrogen and oxygen atoms in total. The van der Waals surface area contributed by atoms with Gasteiger partial charge in [-0.2, -0.15) is 0 Å². The number of nitro groups is 1. The first kappa shape index (κ1) is 21.4. The summed E-state index contributed by atoms with van der Waals surface area (Å²) in [5.41, 5.74) is 0.420. The molecule has 152 valence electrons. The summed E-state index contributed by atoms with van der Waals surface area (Å²) in [4.78, 5) is 36.5. The molecule has 0 atom stereocenters. The van der Waals surface area contributed by atoms with Crippen LogP contribution in [0, 0.1) is 16.0 Å². The predicted molar refractivity (Wildman–Crippen MR) is 104 cm³/mol. The summed E-state index contributed by atoms with van der Waals surface area (Å²) in [5.74, 6) is -0.332. The van der Waals surface area contributed by atoms with Crippen LogP contribution in [0.25, 0.3) is 6.08 Å². The molecule has 1 saturated heterocycles. The van der Waals surface area contributed by atoms with Crippen molar-refractivity contribution in [2.45, 2.75) is 33.1 Å². The monoisotopic (exact) mass is 390 g/mol. The van der Waals surface area contributed by atoms with Crippen LogP contribution in [0.4, 0.5) is 5.69 Å². The number of nitrogens with zero attached hydrogens (tertiary/aromatic N) is 2. The molecule has 0 aromatic heterocycles. The van der Waals surface area contributed by atoms with Gasteiger partial charge in [0, 0.05) is 25.2 Å². The minimum absolute atomic E-state index is 0.127. The second-order valence-electron chi connectivity index (χ2n) is 6.52. The molecule has 1 amide bonds. The summed E-state index contributed by atoms with van der Waals surface area (Å²) in [7, 11) is 0. The third-order valence-electron chi connectivity index (χ3n) is 4.49. The molecule has 0 spiro atoms. The van der Waals surface area contributed by atoms with E-state index in [2.05, 4.69) is 0 Å². The van der Waals surface area contributed by atoms with Crippen molar-refractivity contribution in [2.75, 3.05) is 26.3 Å². The number of nitro benzene ring substituents is 1. The van der Waals surface area contributed by atoms with Crippen LogP contribution in [0.3, 0.4) is 0 Å². The summed E-state index contributed by atoms with van der Waals surface area (Å²) in [5, 5.41) is 11.2. The second kappa shape index (κ2) is 10.4. The fraction of sp³-hybridized carbons (Fsp3) is 0.500. The number of piperidine rings is 1. The Bertz CT molecular complexity index is 738. The highest BCUT2D eigenvalue weighted by Gasteiger charge is 2.27. The Morgan fingerprint density at radius 1 is 1.29 bits per heavy atom. The molecule has 0 saturated carbocycles. The van der Waals surface area contributed by atoms with Gasteiger partial charge in [0.15, 0.2) is 5.75 Å². The molecule has 0 radical (unpaired) electrons. The summed E-state index contributed by atoms with van der Waals surface area (Å²) in [6.45, 7) is 5.41.